The molecule has 0 unspecified atom stereocenters. The van der Waals surface area contributed by atoms with E-state index in [1.807, 2.05) is 12.4 Å². The molecule has 0 fully saturated rings. The molecular formula is C43H28N2S. The molecule has 0 N–H and O–H groups in total. The van der Waals surface area contributed by atoms with Crippen molar-refractivity contribution in [1.29, 1.82) is 0 Å². The van der Waals surface area contributed by atoms with Gasteiger partial charge in [-0.05, 0) is 86.3 Å². The molecule has 0 bridgehead atoms. The summed E-state index contributed by atoms with van der Waals surface area (Å²) in [6.45, 7) is 0. The second-order valence-corrected chi connectivity index (χ2v) is 12.8. The van der Waals surface area contributed by atoms with E-state index in [1.54, 1.807) is 11.3 Å². The van der Waals surface area contributed by atoms with Crippen LogP contribution in [-0.4, -0.2) is 4.98 Å². The highest BCUT2D eigenvalue weighted by Crippen LogP contribution is 2.44. The van der Waals surface area contributed by atoms with Gasteiger partial charge in [-0.15, -0.1) is 11.3 Å². The predicted octanol–water partition coefficient (Wildman–Crippen LogP) is 12.6. The Kier molecular flexibility index (Phi) is 6.36. The van der Waals surface area contributed by atoms with Crippen LogP contribution >= 0.6 is 11.3 Å². The van der Waals surface area contributed by atoms with Gasteiger partial charge in [0.1, 0.15) is 0 Å². The topological polar surface area (TPSA) is 16.1 Å². The Hall–Kier alpha value is -5.77. The van der Waals surface area contributed by atoms with Crippen molar-refractivity contribution in [1.82, 2.24) is 4.98 Å². The van der Waals surface area contributed by atoms with Crippen LogP contribution in [0.1, 0.15) is 0 Å². The fraction of sp³-hybridized carbons (Fsp3) is 0. The number of nitrogens with zero attached hydrogens (tertiary/aromatic N) is 2. The van der Waals surface area contributed by atoms with Gasteiger partial charge in [-0.1, -0.05) is 115 Å². The number of anilines is 3. The fourth-order valence-corrected chi connectivity index (χ4v) is 7.69. The quantitative estimate of drug-likeness (QED) is 0.194. The third-order valence-electron chi connectivity index (χ3n) is 8.92. The van der Waals surface area contributed by atoms with Gasteiger partial charge >= 0.3 is 0 Å². The van der Waals surface area contributed by atoms with Crippen LogP contribution < -0.4 is 4.90 Å². The molecule has 0 saturated carbocycles. The van der Waals surface area contributed by atoms with Crippen LogP contribution in [0.15, 0.2) is 170 Å². The van der Waals surface area contributed by atoms with E-state index in [9.17, 15) is 0 Å². The van der Waals surface area contributed by atoms with Gasteiger partial charge in [0.05, 0.1) is 16.6 Å². The van der Waals surface area contributed by atoms with Crippen molar-refractivity contribution < 1.29 is 0 Å². The van der Waals surface area contributed by atoms with Crippen molar-refractivity contribution >= 4 is 70.1 Å². The van der Waals surface area contributed by atoms with E-state index < -0.39 is 0 Å². The maximum absolute atomic E-state index is 4.74. The monoisotopic (exact) mass is 604 g/mol. The van der Waals surface area contributed by atoms with Crippen LogP contribution in [0, 0.1) is 0 Å². The van der Waals surface area contributed by atoms with E-state index >= 15 is 0 Å². The molecule has 0 radical (unpaired) electrons. The fourth-order valence-electron chi connectivity index (χ4n) is 6.60. The van der Waals surface area contributed by atoms with Gasteiger partial charge in [-0.3, -0.25) is 4.98 Å². The van der Waals surface area contributed by atoms with Gasteiger partial charge < -0.3 is 4.90 Å². The molecule has 0 amide bonds. The van der Waals surface area contributed by atoms with Gasteiger partial charge in [0, 0.05) is 33.0 Å². The first-order chi connectivity index (χ1) is 22.8. The summed E-state index contributed by atoms with van der Waals surface area (Å²) >= 11 is 1.80. The average molecular weight is 605 g/mol. The van der Waals surface area contributed by atoms with Crippen LogP contribution in [0.5, 0.6) is 0 Å². The molecule has 2 aromatic heterocycles. The molecule has 46 heavy (non-hydrogen) atoms. The Labute approximate surface area is 271 Å². The van der Waals surface area contributed by atoms with E-state index in [1.165, 1.54) is 64.0 Å². The van der Waals surface area contributed by atoms with E-state index in [4.69, 9.17) is 4.98 Å². The van der Waals surface area contributed by atoms with Crippen molar-refractivity contribution in [3.05, 3.63) is 170 Å². The first-order valence-corrected chi connectivity index (χ1v) is 16.3. The van der Waals surface area contributed by atoms with Crippen LogP contribution in [-0.2, 0) is 0 Å². The minimum absolute atomic E-state index is 1.08. The summed E-state index contributed by atoms with van der Waals surface area (Å²) in [6.07, 6.45) is 4.00. The van der Waals surface area contributed by atoms with Crippen molar-refractivity contribution in [2.24, 2.45) is 0 Å². The lowest BCUT2D eigenvalue weighted by Gasteiger charge is -2.26. The molecule has 0 atom stereocenters. The predicted molar refractivity (Wildman–Crippen MR) is 198 cm³/mol. The summed E-state index contributed by atoms with van der Waals surface area (Å²) in [4.78, 5) is 7.09. The lowest BCUT2D eigenvalue weighted by molar-refractivity contribution is 1.26. The first kappa shape index (κ1) is 26.6. The average Bonchev–Trinajstić information content (AvgIpc) is 3.51. The number of pyridine rings is 1. The van der Waals surface area contributed by atoms with Gasteiger partial charge in [0.2, 0.25) is 0 Å². The highest BCUT2D eigenvalue weighted by molar-refractivity contribution is 7.25. The smallest absolute Gasteiger partial charge is 0.0738 e. The molecule has 9 rings (SSSR count). The lowest BCUT2D eigenvalue weighted by atomic mass is 10.00. The Balaban J connectivity index is 1.17. The molecule has 0 saturated heterocycles. The summed E-state index contributed by atoms with van der Waals surface area (Å²) < 4.78 is 2.45. The van der Waals surface area contributed by atoms with Crippen LogP contribution in [0.2, 0.25) is 0 Å². The third-order valence-corrected chi connectivity index (χ3v) is 10.0. The zero-order valence-corrected chi connectivity index (χ0v) is 25.8. The molecule has 7 aromatic carbocycles. The minimum Gasteiger partial charge on any atom is -0.308 e. The number of hydrogen-bond donors (Lipinski definition) is 0. The molecule has 0 aliphatic heterocycles. The molecule has 0 aliphatic carbocycles. The molecule has 0 aliphatic rings. The standard InChI is InChI=1S/C43H28N2S/c1-3-9-33-25-35(15-13-29(33)7-1)31-17-21-37(22-18-31)45(40-27-44-28-42-43(40)39-11-5-6-12-41(39)46-42)38-23-19-32(20-24-38)36-16-14-30-8-2-4-10-34(30)26-36/h1-28H. The molecule has 216 valence electrons. The number of rotatable bonds is 5. The van der Waals surface area contributed by atoms with Crippen LogP contribution in [0.25, 0.3) is 64.0 Å². The third kappa shape index (κ3) is 4.61. The molecule has 0 spiro atoms. The van der Waals surface area contributed by atoms with E-state index in [0.717, 1.165) is 17.1 Å². The number of aromatic nitrogens is 1. The summed E-state index contributed by atoms with van der Waals surface area (Å²) in [5.74, 6) is 0. The second-order valence-electron chi connectivity index (χ2n) is 11.7. The second kappa shape index (κ2) is 11.0. The molecule has 9 aromatic rings. The van der Waals surface area contributed by atoms with E-state index in [2.05, 4.69) is 163 Å². The highest BCUT2D eigenvalue weighted by atomic mass is 32.1. The summed E-state index contributed by atoms with van der Waals surface area (Å²) in [7, 11) is 0. The van der Waals surface area contributed by atoms with Crippen molar-refractivity contribution in [3.8, 4) is 22.3 Å². The number of fused-ring (bicyclic) bond motifs is 5. The number of hydrogen-bond acceptors (Lipinski definition) is 3. The Morgan fingerprint density at radius 3 is 1.50 bits per heavy atom. The number of thiophene rings is 1. The molecule has 3 heteroatoms. The molecule has 2 heterocycles. The van der Waals surface area contributed by atoms with Gasteiger partial charge in [-0.2, -0.15) is 0 Å². The van der Waals surface area contributed by atoms with Gasteiger partial charge in [0.25, 0.3) is 0 Å². The van der Waals surface area contributed by atoms with E-state index in [-0.39, 0.29) is 0 Å². The van der Waals surface area contributed by atoms with E-state index in [0.29, 0.717) is 0 Å². The largest absolute Gasteiger partial charge is 0.308 e. The Morgan fingerprint density at radius 2 is 0.913 bits per heavy atom. The Bertz CT molecular complexity index is 2410. The van der Waals surface area contributed by atoms with Crippen LogP contribution in [0.4, 0.5) is 17.1 Å². The van der Waals surface area contributed by atoms with Crippen LogP contribution in [0.3, 0.4) is 0 Å². The maximum Gasteiger partial charge on any atom is 0.0738 e. The zero-order valence-electron chi connectivity index (χ0n) is 25.0. The van der Waals surface area contributed by atoms with Crippen molar-refractivity contribution in [3.63, 3.8) is 0 Å². The van der Waals surface area contributed by atoms with Gasteiger partial charge in [-0.25, -0.2) is 0 Å². The van der Waals surface area contributed by atoms with Gasteiger partial charge in [0.15, 0.2) is 0 Å². The summed E-state index contributed by atoms with van der Waals surface area (Å²) in [5, 5.41) is 7.49. The van der Waals surface area contributed by atoms with Crippen molar-refractivity contribution in [2.75, 3.05) is 4.90 Å². The summed E-state index contributed by atoms with van der Waals surface area (Å²) in [6, 6.07) is 56.9. The Morgan fingerprint density at radius 1 is 0.413 bits per heavy atom. The molecular weight excluding hydrogens is 577 g/mol. The lowest BCUT2D eigenvalue weighted by Crippen LogP contribution is -2.10. The SMILES string of the molecule is c1ccc2cc(-c3ccc(N(c4ccc(-c5ccc6ccccc6c5)cc4)c4cncc5sc6ccccc6c45)cc3)ccc2c1. The molecule has 2 nitrogen and oxygen atoms in total. The summed E-state index contributed by atoms with van der Waals surface area (Å²) in [5.41, 5.74) is 8.07. The highest BCUT2D eigenvalue weighted by Gasteiger charge is 2.19. The first-order valence-electron chi connectivity index (χ1n) is 15.5. The normalized spacial score (nSPS) is 11.5. The maximum atomic E-state index is 4.74. The number of benzene rings is 7. The minimum atomic E-state index is 1.08. The zero-order chi connectivity index (χ0) is 30.5. The van der Waals surface area contributed by atoms with Crippen molar-refractivity contribution in [2.45, 2.75) is 0 Å².